The van der Waals surface area contributed by atoms with Gasteiger partial charge in [-0.3, -0.25) is 4.79 Å². The lowest BCUT2D eigenvalue weighted by Gasteiger charge is -2.23. The van der Waals surface area contributed by atoms with Crippen molar-refractivity contribution in [3.05, 3.63) is 0 Å². The highest BCUT2D eigenvalue weighted by Crippen LogP contribution is 2.21. The molecule has 0 saturated heterocycles. The van der Waals surface area contributed by atoms with Crippen LogP contribution < -0.4 is 5.73 Å². The van der Waals surface area contributed by atoms with E-state index >= 15 is 0 Å². The van der Waals surface area contributed by atoms with Gasteiger partial charge >= 0.3 is 5.97 Å². The molecule has 3 nitrogen and oxygen atoms in total. The predicted molar refractivity (Wildman–Crippen MR) is 43.9 cm³/mol. The second kappa shape index (κ2) is 2.63. The van der Waals surface area contributed by atoms with E-state index in [9.17, 15) is 4.79 Å². The van der Waals surface area contributed by atoms with Crippen LogP contribution in [-0.4, -0.2) is 37.2 Å². The summed E-state index contributed by atoms with van der Waals surface area (Å²) in [4.78, 5) is 10.4. The largest absolute Gasteiger partial charge is 0.481 e. The molecular formula is C4H13NO2Si2. The molecule has 0 aromatic heterocycles. The topological polar surface area (TPSA) is 63.3 Å². The van der Waals surface area contributed by atoms with Crippen LogP contribution in [0.3, 0.4) is 0 Å². The molecule has 0 aliphatic heterocycles. The third kappa shape index (κ3) is 1.92. The zero-order valence-electron chi connectivity index (χ0n) is 6.01. The molecule has 0 heterocycles. The van der Waals surface area contributed by atoms with Crippen LogP contribution in [-0.2, 0) is 4.79 Å². The normalized spacial score (nSPS) is 21.1. The molecule has 0 rings (SSSR count). The van der Waals surface area contributed by atoms with Crippen LogP contribution in [0.1, 0.15) is 6.92 Å². The molecular weight excluding hydrogens is 150 g/mol. The molecule has 3 N–H and O–H groups in total. The number of carboxylic acids is 1. The number of rotatable bonds is 2. The Morgan fingerprint density at radius 3 is 2.22 bits per heavy atom. The summed E-state index contributed by atoms with van der Waals surface area (Å²) >= 11 is 0. The van der Waals surface area contributed by atoms with Crippen LogP contribution in [0.4, 0.5) is 0 Å². The molecule has 0 saturated carbocycles. The first-order chi connectivity index (χ1) is 3.89. The summed E-state index contributed by atoms with van der Waals surface area (Å²) in [7, 11) is 1.38. The van der Waals surface area contributed by atoms with Crippen LogP contribution in [0.25, 0.3) is 0 Å². The molecule has 0 bridgehead atoms. The van der Waals surface area contributed by atoms with Crippen molar-refractivity contribution in [2.45, 2.75) is 17.6 Å². The van der Waals surface area contributed by atoms with Gasteiger partial charge in [-0.05, 0) is 5.67 Å². The van der Waals surface area contributed by atoms with E-state index in [0.29, 0.717) is 10.2 Å². The fourth-order valence-corrected chi connectivity index (χ4v) is 0.442. The SMILES string of the molecule is CC([SiH3])(C(=O)O)C(N)[SiH3]. The van der Waals surface area contributed by atoms with Crippen LogP contribution in [0.15, 0.2) is 0 Å². The lowest BCUT2D eigenvalue weighted by Crippen LogP contribution is -2.40. The maximum atomic E-state index is 10.4. The Morgan fingerprint density at radius 1 is 1.89 bits per heavy atom. The Bertz CT molecular complexity index is 124. The molecule has 0 aromatic rings. The minimum Gasteiger partial charge on any atom is -0.481 e. The molecule has 2 unspecified atom stereocenters. The molecule has 54 valence electrons. The summed E-state index contributed by atoms with van der Waals surface area (Å²) < 4.78 is 0. The maximum absolute atomic E-state index is 10.4. The summed E-state index contributed by atoms with van der Waals surface area (Å²) in [5.41, 5.74) is 5.38. The molecule has 0 aliphatic rings. The lowest BCUT2D eigenvalue weighted by atomic mass is 10.2. The maximum Gasteiger partial charge on any atom is 0.306 e. The van der Waals surface area contributed by atoms with E-state index in [-0.39, 0.29) is 5.67 Å². The molecule has 0 aromatic carbocycles. The standard InChI is InChI=1S/C4H13NO2Si2/c1-4(9,2(5)8)3(6)7/h2H,5H2,1,8-9H3,(H,6,7). The van der Waals surface area contributed by atoms with Gasteiger partial charge in [-0.1, -0.05) is 6.92 Å². The van der Waals surface area contributed by atoms with E-state index < -0.39 is 11.0 Å². The fourth-order valence-electron chi connectivity index (χ4n) is 0.195. The average Bonchev–Trinajstić information content (AvgIpc) is 1.65. The van der Waals surface area contributed by atoms with Gasteiger partial charge in [0.2, 0.25) is 0 Å². The number of hydrogen-bond donors (Lipinski definition) is 2. The molecule has 9 heavy (non-hydrogen) atoms. The van der Waals surface area contributed by atoms with Crippen molar-refractivity contribution < 1.29 is 9.90 Å². The molecule has 0 radical (unpaired) electrons. The van der Waals surface area contributed by atoms with Crippen molar-refractivity contribution in [2.24, 2.45) is 5.73 Å². The monoisotopic (exact) mass is 163 g/mol. The van der Waals surface area contributed by atoms with Crippen molar-refractivity contribution in [1.82, 2.24) is 0 Å². The van der Waals surface area contributed by atoms with Gasteiger partial charge in [0, 0.05) is 20.5 Å². The van der Waals surface area contributed by atoms with Gasteiger partial charge in [0.1, 0.15) is 0 Å². The van der Waals surface area contributed by atoms with Crippen LogP contribution >= 0.6 is 0 Å². The van der Waals surface area contributed by atoms with Crippen molar-refractivity contribution in [3.8, 4) is 0 Å². The second-order valence-corrected chi connectivity index (χ2v) is 6.14. The van der Waals surface area contributed by atoms with Crippen molar-refractivity contribution in [1.29, 1.82) is 0 Å². The second-order valence-electron chi connectivity index (χ2n) is 2.82. The fraction of sp³-hybridized carbons (Fsp3) is 0.750. The van der Waals surface area contributed by atoms with Gasteiger partial charge in [0.05, 0.1) is 5.04 Å². The summed E-state index contributed by atoms with van der Waals surface area (Å²) in [5, 5.41) is 7.98. The van der Waals surface area contributed by atoms with Crippen molar-refractivity contribution in [2.75, 3.05) is 0 Å². The molecule has 0 spiro atoms. The minimum atomic E-state index is -0.753. The number of carbonyl (C=O) groups is 1. The molecule has 0 amide bonds. The number of carboxylic acid groups (broad SMARTS) is 1. The summed E-state index contributed by atoms with van der Waals surface area (Å²) in [6.07, 6.45) is 0. The zero-order valence-corrected chi connectivity index (χ0v) is 10.0. The number of hydrogen-bond acceptors (Lipinski definition) is 2. The Balaban J connectivity index is 4.19. The van der Waals surface area contributed by atoms with E-state index in [1.807, 2.05) is 0 Å². The Morgan fingerprint density at radius 2 is 2.22 bits per heavy atom. The van der Waals surface area contributed by atoms with Gasteiger partial charge in [0.15, 0.2) is 0 Å². The summed E-state index contributed by atoms with van der Waals surface area (Å²) in [6.45, 7) is 1.71. The molecule has 0 fully saturated rings. The first-order valence-corrected chi connectivity index (χ1v) is 5.03. The van der Waals surface area contributed by atoms with Gasteiger partial charge in [-0.15, -0.1) is 0 Å². The highest BCUT2D eigenvalue weighted by atomic mass is 28.2. The van der Waals surface area contributed by atoms with E-state index in [4.69, 9.17) is 10.8 Å². The van der Waals surface area contributed by atoms with Crippen molar-refractivity contribution >= 4 is 26.5 Å². The quantitative estimate of drug-likeness (QED) is 0.434. The number of nitrogens with two attached hydrogens (primary N) is 1. The summed E-state index contributed by atoms with van der Waals surface area (Å²) in [6, 6.07) is 0. The van der Waals surface area contributed by atoms with Crippen LogP contribution in [0.2, 0.25) is 5.04 Å². The third-order valence-electron chi connectivity index (χ3n) is 1.69. The first kappa shape index (κ1) is 8.86. The van der Waals surface area contributed by atoms with E-state index in [1.165, 1.54) is 0 Å². The van der Waals surface area contributed by atoms with Gasteiger partial charge < -0.3 is 10.8 Å². The molecule has 0 aliphatic carbocycles. The zero-order chi connectivity index (χ0) is 7.65. The van der Waals surface area contributed by atoms with Crippen LogP contribution in [0.5, 0.6) is 0 Å². The average molecular weight is 163 g/mol. The Hall–Kier alpha value is -0.136. The lowest BCUT2D eigenvalue weighted by molar-refractivity contribution is -0.140. The van der Waals surface area contributed by atoms with Gasteiger partial charge in [-0.25, -0.2) is 0 Å². The van der Waals surface area contributed by atoms with E-state index in [2.05, 4.69) is 0 Å². The smallest absolute Gasteiger partial charge is 0.306 e. The van der Waals surface area contributed by atoms with Gasteiger partial charge in [0.25, 0.3) is 0 Å². The van der Waals surface area contributed by atoms with Crippen LogP contribution in [0, 0.1) is 0 Å². The predicted octanol–water partition coefficient (Wildman–Crippen LogP) is -2.73. The van der Waals surface area contributed by atoms with Crippen molar-refractivity contribution in [3.63, 3.8) is 0 Å². The Kier molecular flexibility index (Phi) is 2.59. The molecule has 2 atom stereocenters. The highest BCUT2D eigenvalue weighted by molar-refractivity contribution is 6.32. The van der Waals surface area contributed by atoms with E-state index in [0.717, 1.165) is 10.2 Å². The third-order valence-corrected chi connectivity index (χ3v) is 5.63. The Labute approximate surface area is 60.5 Å². The van der Waals surface area contributed by atoms with E-state index in [1.54, 1.807) is 6.92 Å². The number of aliphatic carboxylic acids is 1. The summed E-state index contributed by atoms with van der Waals surface area (Å²) in [5.74, 6) is -0.753. The molecule has 5 heteroatoms. The van der Waals surface area contributed by atoms with Gasteiger partial charge in [-0.2, -0.15) is 0 Å². The first-order valence-electron chi connectivity index (χ1n) is 2.88. The highest BCUT2D eigenvalue weighted by Gasteiger charge is 2.30. The minimum absolute atomic E-state index is 0.110.